The lowest BCUT2D eigenvalue weighted by Crippen LogP contribution is -2.01. The van der Waals surface area contributed by atoms with Crippen molar-refractivity contribution in [2.75, 3.05) is 0 Å². The molecule has 0 saturated heterocycles. The summed E-state index contributed by atoms with van der Waals surface area (Å²) in [5, 5.41) is 4.27. The molecule has 0 aliphatic heterocycles. The highest BCUT2D eigenvalue weighted by molar-refractivity contribution is 6.09. The summed E-state index contributed by atoms with van der Waals surface area (Å²) >= 11 is 0. The van der Waals surface area contributed by atoms with Crippen LogP contribution >= 0.6 is 0 Å². The summed E-state index contributed by atoms with van der Waals surface area (Å²) in [7, 11) is 0. The first-order chi connectivity index (χ1) is 7.72. The van der Waals surface area contributed by atoms with Gasteiger partial charge in [0.15, 0.2) is 5.78 Å². The molecule has 0 spiro atoms. The Morgan fingerprint density at radius 3 is 2.56 bits per heavy atom. The van der Waals surface area contributed by atoms with Gasteiger partial charge in [-0.1, -0.05) is 30.3 Å². The summed E-state index contributed by atoms with van der Waals surface area (Å²) in [6.07, 6.45) is 1.81. The highest BCUT2D eigenvalue weighted by Gasteiger charge is 2.14. The fraction of sp³-hybridized carbons (Fsp3) is 0.231. The van der Waals surface area contributed by atoms with E-state index in [1.807, 2.05) is 50.4 Å². The van der Waals surface area contributed by atoms with Crippen molar-refractivity contribution in [1.29, 1.82) is 0 Å². The van der Waals surface area contributed by atoms with Gasteiger partial charge in [-0.15, -0.1) is 0 Å². The summed E-state index contributed by atoms with van der Waals surface area (Å²) in [5.41, 5.74) is 2.19. The Labute approximate surface area is 94.7 Å². The zero-order valence-electron chi connectivity index (χ0n) is 9.47. The summed E-state index contributed by atoms with van der Waals surface area (Å²) < 4.78 is 1.78. The minimum absolute atomic E-state index is 0.0396. The van der Waals surface area contributed by atoms with Crippen molar-refractivity contribution in [3.05, 3.63) is 53.3 Å². The molecule has 0 bridgehead atoms. The van der Waals surface area contributed by atoms with Gasteiger partial charge in [0.2, 0.25) is 0 Å². The summed E-state index contributed by atoms with van der Waals surface area (Å²) in [4.78, 5) is 12.1. The molecule has 2 aromatic rings. The average Bonchev–Trinajstić information content (AvgIpc) is 2.71. The van der Waals surface area contributed by atoms with Gasteiger partial charge in [-0.05, 0) is 13.8 Å². The van der Waals surface area contributed by atoms with Gasteiger partial charge < -0.3 is 0 Å². The molecule has 16 heavy (non-hydrogen) atoms. The molecule has 1 aromatic carbocycles. The Hall–Kier alpha value is -1.90. The smallest absolute Gasteiger partial charge is 0.196 e. The van der Waals surface area contributed by atoms with E-state index in [4.69, 9.17) is 0 Å². The molecular weight excluding hydrogens is 200 g/mol. The Bertz CT molecular complexity index is 500. The fourth-order valence-corrected chi connectivity index (χ4v) is 1.65. The predicted octanol–water partition coefficient (Wildman–Crippen LogP) is 2.44. The third-order valence-electron chi connectivity index (χ3n) is 2.55. The van der Waals surface area contributed by atoms with Gasteiger partial charge in [-0.3, -0.25) is 9.48 Å². The molecule has 2 rings (SSSR count). The minimum atomic E-state index is 0.0396. The maximum absolute atomic E-state index is 12.1. The van der Waals surface area contributed by atoms with Crippen LogP contribution in [0.5, 0.6) is 0 Å². The lowest BCUT2D eigenvalue weighted by molar-refractivity contribution is 0.103. The molecule has 0 saturated carbocycles. The van der Waals surface area contributed by atoms with Crippen molar-refractivity contribution in [2.24, 2.45) is 0 Å². The molecule has 1 heterocycles. The van der Waals surface area contributed by atoms with Gasteiger partial charge in [0.05, 0.1) is 11.3 Å². The second-order valence-corrected chi connectivity index (χ2v) is 3.68. The maximum atomic E-state index is 12.1. The fourth-order valence-electron chi connectivity index (χ4n) is 1.65. The van der Waals surface area contributed by atoms with Crippen LogP contribution in [0.1, 0.15) is 28.5 Å². The van der Waals surface area contributed by atoms with Crippen molar-refractivity contribution in [2.45, 2.75) is 20.4 Å². The third kappa shape index (κ3) is 1.89. The van der Waals surface area contributed by atoms with E-state index in [0.29, 0.717) is 11.1 Å². The van der Waals surface area contributed by atoms with Gasteiger partial charge >= 0.3 is 0 Å². The van der Waals surface area contributed by atoms with E-state index >= 15 is 0 Å². The summed E-state index contributed by atoms with van der Waals surface area (Å²) in [6, 6.07) is 9.29. The van der Waals surface area contributed by atoms with Crippen LogP contribution in [-0.2, 0) is 6.54 Å². The van der Waals surface area contributed by atoms with E-state index in [2.05, 4.69) is 5.10 Å². The molecule has 1 aromatic heterocycles. The molecular formula is C13H14N2O. The minimum Gasteiger partial charge on any atom is -0.288 e. The molecule has 0 N–H and O–H groups in total. The lowest BCUT2D eigenvalue weighted by atomic mass is 10.0. The van der Waals surface area contributed by atoms with Crippen LogP contribution in [0.25, 0.3) is 0 Å². The number of hydrogen-bond donors (Lipinski definition) is 0. The molecule has 0 aliphatic rings. The Balaban J connectivity index is 2.38. The van der Waals surface area contributed by atoms with Gasteiger partial charge in [-0.25, -0.2) is 0 Å². The van der Waals surface area contributed by atoms with Gasteiger partial charge in [0.1, 0.15) is 0 Å². The first-order valence-electron chi connectivity index (χ1n) is 5.36. The maximum Gasteiger partial charge on any atom is 0.196 e. The standard InChI is InChI=1S/C13H14N2O/c1-3-15-9-12(10(2)14-15)13(16)11-7-5-4-6-8-11/h4-9H,3H2,1-2H3. The van der Waals surface area contributed by atoms with Crippen molar-refractivity contribution >= 4 is 5.78 Å². The molecule has 0 radical (unpaired) electrons. The Kier molecular flexibility index (Phi) is 2.86. The van der Waals surface area contributed by atoms with Crippen LogP contribution in [0.15, 0.2) is 36.5 Å². The van der Waals surface area contributed by atoms with E-state index in [1.165, 1.54) is 0 Å². The molecule has 3 nitrogen and oxygen atoms in total. The molecule has 0 atom stereocenters. The number of aromatic nitrogens is 2. The number of ketones is 1. The lowest BCUT2D eigenvalue weighted by Gasteiger charge is -1.97. The summed E-state index contributed by atoms with van der Waals surface area (Å²) in [6.45, 7) is 4.65. The first kappa shape index (κ1) is 10.6. The van der Waals surface area contributed by atoms with E-state index in [9.17, 15) is 4.79 Å². The molecule has 0 fully saturated rings. The number of nitrogens with zero attached hydrogens (tertiary/aromatic N) is 2. The van der Waals surface area contributed by atoms with E-state index < -0.39 is 0 Å². The zero-order chi connectivity index (χ0) is 11.5. The number of carbonyl (C=O) groups excluding carboxylic acids is 1. The van der Waals surface area contributed by atoms with E-state index in [0.717, 1.165) is 12.2 Å². The third-order valence-corrected chi connectivity index (χ3v) is 2.55. The van der Waals surface area contributed by atoms with E-state index in [-0.39, 0.29) is 5.78 Å². The molecule has 0 unspecified atom stereocenters. The molecule has 0 amide bonds. The number of benzene rings is 1. The number of carbonyl (C=O) groups is 1. The molecule has 3 heteroatoms. The van der Waals surface area contributed by atoms with Crippen molar-refractivity contribution in [1.82, 2.24) is 9.78 Å². The van der Waals surface area contributed by atoms with Crippen molar-refractivity contribution < 1.29 is 4.79 Å². The van der Waals surface area contributed by atoms with Crippen molar-refractivity contribution in [3.63, 3.8) is 0 Å². The normalized spacial score (nSPS) is 10.4. The van der Waals surface area contributed by atoms with Crippen LogP contribution in [0.3, 0.4) is 0 Å². The van der Waals surface area contributed by atoms with E-state index in [1.54, 1.807) is 4.68 Å². The Morgan fingerprint density at radius 2 is 2.00 bits per heavy atom. The van der Waals surface area contributed by atoms with Gasteiger partial charge in [0.25, 0.3) is 0 Å². The first-order valence-corrected chi connectivity index (χ1v) is 5.36. The monoisotopic (exact) mass is 214 g/mol. The largest absolute Gasteiger partial charge is 0.288 e. The number of hydrogen-bond acceptors (Lipinski definition) is 2. The van der Waals surface area contributed by atoms with Crippen LogP contribution in [0, 0.1) is 6.92 Å². The highest BCUT2D eigenvalue weighted by atomic mass is 16.1. The van der Waals surface area contributed by atoms with Crippen LogP contribution in [0.4, 0.5) is 0 Å². The zero-order valence-corrected chi connectivity index (χ0v) is 9.47. The van der Waals surface area contributed by atoms with Gasteiger partial charge in [-0.2, -0.15) is 5.10 Å². The highest BCUT2D eigenvalue weighted by Crippen LogP contribution is 2.12. The van der Waals surface area contributed by atoms with Crippen LogP contribution in [-0.4, -0.2) is 15.6 Å². The predicted molar refractivity (Wildman–Crippen MR) is 62.5 cm³/mol. The van der Waals surface area contributed by atoms with Gasteiger partial charge in [0, 0.05) is 18.3 Å². The van der Waals surface area contributed by atoms with Crippen LogP contribution < -0.4 is 0 Å². The van der Waals surface area contributed by atoms with Crippen molar-refractivity contribution in [3.8, 4) is 0 Å². The summed E-state index contributed by atoms with van der Waals surface area (Å²) in [5.74, 6) is 0.0396. The topological polar surface area (TPSA) is 34.9 Å². The quantitative estimate of drug-likeness (QED) is 0.735. The molecule has 82 valence electrons. The van der Waals surface area contributed by atoms with Crippen LogP contribution in [0.2, 0.25) is 0 Å². The SMILES string of the molecule is CCn1cc(C(=O)c2ccccc2)c(C)n1. The second kappa shape index (κ2) is 4.31. The number of rotatable bonds is 3. The number of aryl methyl sites for hydroxylation is 2. The average molecular weight is 214 g/mol. The Morgan fingerprint density at radius 1 is 1.31 bits per heavy atom. The molecule has 0 aliphatic carbocycles. The second-order valence-electron chi connectivity index (χ2n) is 3.68.